The summed E-state index contributed by atoms with van der Waals surface area (Å²) in [6.45, 7) is 15.5. The molecule has 1 heterocycles. The van der Waals surface area contributed by atoms with Crippen LogP contribution < -0.4 is 0 Å². The highest BCUT2D eigenvalue weighted by atomic mass is 28.3. The first-order valence-corrected chi connectivity index (χ1v) is 12.1. The lowest BCUT2D eigenvalue weighted by Gasteiger charge is -2.54. The van der Waals surface area contributed by atoms with Crippen molar-refractivity contribution in [2.75, 3.05) is 19.8 Å². The number of carboxylic acid groups (broad SMARTS) is 1. The number of esters is 1. The van der Waals surface area contributed by atoms with E-state index in [0.29, 0.717) is 6.61 Å². The molecule has 0 aromatic carbocycles. The van der Waals surface area contributed by atoms with Crippen LogP contribution in [0.5, 0.6) is 0 Å². The number of hydrogen-bond acceptors (Lipinski definition) is 5. The molecule has 1 saturated heterocycles. The summed E-state index contributed by atoms with van der Waals surface area (Å²) in [7, 11) is -1.29. The van der Waals surface area contributed by atoms with Crippen LogP contribution in [0.4, 0.5) is 0 Å². The fourth-order valence-corrected chi connectivity index (χ4v) is 4.03. The molecule has 0 aromatic rings. The average molecular weight is 400 g/mol. The zero-order valence-electron chi connectivity index (χ0n) is 17.2. The molecule has 1 aliphatic heterocycles. The molecule has 0 aromatic heterocycles. The molecule has 8 heteroatoms. The number of hydrogen-bond donors (Lipinski definition) is 1. The van der Waals surface area contributed by atoms with Gasteiger partial charge in [-0.1, -0.05) is 33.4 Å². The predicted octanol–water partition coefficient (Wildman–Crippen LogP) is 1.93. The zero-order chi connectivity index (χ0) is 20.9. The third-order valence-corrected chi connectivity index (χ3v) is 5.87. The van der Waals surface area contributed by atoms with E-state index in [2.05, 4.69) is 19.7 Å². The molecule has 0 aliphatic carbocycles. The van der Waals surface area contributed by atoms with Gasteiger partial charge in [-0.15, -0.1) is 0 Å². The molecular weight excluding hydrogens is 366 g/mol. The normalized spacial score (nSPS) is 22.2. The van der Waals surface area contributed by atoms with Gasteiger partial charge in [-0.3, -0.25) is 14.4 Å². The summed E-state index contributed by atoms with van der Waals surface area (Å²) in [6, 6.07) is -0.562. The van der Waals surface area contributed by atoms with Gasteiger partial charge >= 0.3 is 11.9 Å². The molecule has 4 atom stereocenters. The molecular formula is C19H33NO6Si. The SMILES string of the molecule is C=CCOC(=O)CN1C(=O)[C@@H]([C@@H](CO[SiH](C)C)C(C)(C)C)[C@H]1[C@@H](C)C(=O)O. The summed E-state index contributed by atoms with van der Waals surface area (Å²) in [4.78, 5) is 37.8. The van der Waals surface area contributed by atoms with Crippen LogP contribution in [0.1, 0.15) is 27.7 Å². The molecule has 1 fully saturated rings. The Labute approximate surface area is 163 Å². The smallest absolute Gasteiger partial charge is 0.325 e. The van der Waals surface area contributed by atoms with Crippen LogP contribution in [0, 0.1) is 23.2 Å². The second-order valence-corrected chi connectivity index (χ2v) is 10.9. The summed E-state index contributed by atoms with van der Waals surface area (Å²) in [5.74, 6) is -3.18. The lowest BCUT2D eigenvalue weighted by molar-refractivity contribution is -0.179. The standard InChI is InChI=1S/C19H33NO6Si/c1-8-9-25-14(21)10-20-16(12(2)18(23)24)15(17(20)22)13(19(3,4)5)11-26-27(6)7/h8,12-13,15-16,27H,1,9-11H2,2-7H3,(H,23,24)/t12-,13-,15+,16-/m1/s1. The summed E-state index contributed by atoms with van der Waals surface area (Å²) in [5.41, 5.74) is -0.241. The number of amides is 1. The maximum Gasteiger partial charge on any atom is 0.325 e. The molecule has 7 nitrogen and oxygen atoms in total. The van der Waals surface area contributed by atoms with E-state index in [0.717, 1.165) is 0 Å². The lowest BCUT2D eigenvalue weighted by atomic mass is 9.64. The molecule has 0 radical (unpaired) electrons. The molecule has 0 spiro atoms. The molecule has 27 heavy (non-hydrogen) atoms. The molecule has 1 aliphatic rings. The van der Waals surface area contributed by atoms with Crippen LogP contribution in [0.15, 0.2) is 12.7 Å². The number of rotatable bonds is 10. The summed E-state index contributed by atoms with van der Waals surface area (Å²) in [6.07, 6.45) is 1.44. The minimum Gasteiger partial charge on any atom is -0.481 e. The van der Waals surface area contributed by atoms with E-state index in [1.54, 1.807) is 6.92 Å². The van der Waals surface area contributed by atoms with Crippen LogP contribution in [0.3, 0.4) is 0 Å². The van der Waals surface area contributed by atoms with Crippen LogP contribution in [-0.2, 0) is 23.5 Å². The van der Waals surface area contributed by atoms with Gasteiger partial charge in [-0.05, 0) is 31.4 Å². The summed E-state index contributed by atoms with van der Waals surface area (Å²) >= 11 is 0. The maximum absolute atomic E-state index is 12.9. The molecule has 154 valence electrons. The number of carbonyl (C=O) groups is 3. The van der Waals surface area contributed by atoms with E-state index >= 15 is 0 Å². The Morgan fingerprint density at radius 1 is 1.37 bits per heavy atom. The van der Waals surface area contributed by atoms with Crippen LogP contribution in [-0.4, -0.2) is 62.7 Å². The van der Waals surface area contributed by atoms with Crippen LogP contribution >= 0.6 is 0 Å². The summed E-state index contributed by atoms with van der Waals surface area (Å²) in [5, 5.41) is 9.53. The van der Waals surface area contributed by atoms with Gasteiger partial charge in [0.1, 0.15) is 13.2 Å². The topological polar surface area (TPSA) is 93.1 Å². The Morgan fingerprint density at radius 2 is 1.96 bits per heavy atom. The number of aliphatic carboxylic acids is 1. The number of carboxylic acids is 1. The van der Waals surface area contributed by atoms with Crippen molar-refractivity contribution in [2.24, 2.45) is 23.2 Å². The number of nitrogens with zero attached hydrogens (tertiary/aromatic N) is 1. The monoisotopic (exact) mass is 399 g/mol. The van der Waals surface area contributed by atoms with Gasteiger partial charge in [0, 0.05) is 6.61 Å². The van der Waals surface area contributed by atoms with Crippen molar-refractivity contribution in [3.63, 3.8) is 0 Å². The Kier molecular flexibility index (Phi) is 8.22. The lowest BCUT2D eigenvalue weighted by Crippen LogP contribution is -2.69. The van der Waals surface area contributed by atoms with Crippen LogP contribution in [0.2, 0.25) is 13.1 Å². The van der Waals surface area contributed by atoms with Crippen molar-refractivity contribution in [3.05, 3.63) is 12.7 Å². The molecule has 1 N–H and O–H groups in total. The molecule has 0 bridgehead atoms. The van der Waals surface area contributed by atoms with Gasteiger partial charge in [0.15, 0.2) is 9.04 Å². The maximum atomic E-state index is 12.9. The third-order valence-electron chi connectivity index (χ3n) is 5.01. The number of likely N-dealkylation sites (tertiary alicyclic amines) is 1. The number of β-lactam (4-membered cyclic amide) rings is 1. The Bertz CT molecular complexity index is 571. The second-order valence-electron chi connectivity index (χ2n) is 8.44. The minimum atomic E-state index is -1.29. The van der Waals surface area contributed by atoms with Crippen molar-refractivity contribution >= 4 is 26.9 Å². The minimum absolute atomic E-state index is 0.0565. The Balaban J connectivity index is 3.08. The number of carbonyl (C=O) groups excluding carboxylic acids is 2. The highest BCUT2D eigenvalue weighted by Crippen LogP contribution is 2.44. The van der Waals surface area contributed by atoms with E-state index in [-0.39, 0.29) is 30.4 Å². The first kappa shape index (κ1) is 23.4. The number of ether oxygens (including phenoxy) is 1. The Hall–Kier alpha value is -1.67. The van der Waals surface area contributed by atoms with E-state index in [9.17, 15) is 19.5 Å². The van der Waals surface area contributed by atoms with Crippen molar-refractivity contribution in [3.8, 4) is 0 Å². The first-order valence-electron chi connectivity index (χ1n) is 9.33. The second kappa shape index (κ2) is 9.50. The Morgan fingerprint density at radius 3 is 2.41 bits per heavy atom. The predicted molar refractivity (Wildman–Crippen MR) is 105 cm³/mol. The fraction of sp³-hybridized carbons (Fsp3) is 0.737. The van der Waals surface area contributed by atoms with Gasteiger partial charge in [0.05, 0.1) is 17.9 Å². The average Bonchev–Trinajstić information content (AvgIpc) is 2.55. The zero-order valence-corrected chi connectivity index (χ0v) is 18.4. The fourth-order valence-electron chi connectivity index (χ4n) is 3.44. The van der Waals surface area contributed by atoms with Crippen molar-refractivity contribution in [2.45, 2.75) is 46.8 Å². The van der Waals surface area contributed by atoms with Crippen molar-refractivity contribution in [1.82, 2.24) is 4.90 Å². The third kappa shape index (κ3) is 5.90. The van der Waals surface area contributed by atoms with Gasteiger partial charge in [-0.25, -0.2) is 0 Å². The molecule has 1 amide bonds. The highest BCUT2D eigenvalue weighted by Gasteiger charge is 2.57. The van der Waals surface area contributed by atoms with Gasteiger partial charge in [-0.2, -0.15) is 0 Å². The largest absolute Gasteiger partial charge is 0.481 e. The van der Waals surface area contributed by atoms with E-state index in [1.165, 1.54) is 11.0 Å². The van der Waals surface area contributed by atoms with Gasteiger partial charge in [0.25, 0.3) is 0 Å². The summed E-state index contributed by atoms with van der Waals surface area (Å²) < 4.78 is 10.9. The van der Waals surface area contributed by atoms with Gasteiger partial charge < -0.3 is 19.2 Å². The van der Waals surface area contributed by atoms with Gasteiger partial charge in [0.2, 0.25) is 5.91 Å². The molecule has 0 unspecified atom stereocenters. The van der Waals surface area contributed by atoms with Crippen LogP contribution in [0.25, 0.3) is 0 Å². The van der Waals surface area contributed by atoms with E-state index < -0.39 is 38.9 Å². The van der Waals surface area contributed by atoms with Crippen molar-refractivity contribution in [1.29, 1.82) is 0 Å². The first-order chi connectivity index (χ1) is 12.4. The van der Waals surface area contributed by atoms with E-state index in [4.69, 9.17) is 9.16 Å². The van der Waals surface area contributed by atoms with Crippen molar-refractivity contribution < 1.29 is 28.7 Å². The quantitative estimate of drug-likeness (QED) is 0.261. The molecule has 0 saturated carbocycles. The molecule has 1 rings (SSSR count). The highest BCUT2D eigenvalue weighted by molar-refractivity contribution is 6.48. The van der Waals surface area contributed by atoms with E-state index in [1.807, 2.05) is 20.8 Å².